The van der Waals surface area contributed by atoms with Gasteiger partial charge in [0.05, 0.1) is 6.61 Å². The minimum absolute atomic E-state index is 0.210. The summed E-state index contributed by atoms with van der Waals surface area (Å²) in [6.45, 7) is 2.03. The van der Waals surface area contributed by atoms with Crippen LogP contribution in [0.4, 0.5) is 0 Å². The van der Waals surface area contributed by atoms with Crippen molar-refractivity contribution in [1.29, 1.82) is 0 Å². The van der Waals surface area contributed by atoms with Crippen molar-refractivity contribution in [2.45, 2.75) is 20.0 Å². The third kappa shape index (κ3) is 4.49. The third-order valence-corrected chi connectivity index (χ3v) is 3.82. The maximum Gasteiger partial charge on any atom is 0.336 e. The Labute approximate surface area is 150 Å². The second kappa shape index (κ2) is 8.31. The number of rotatable bonds is 7. The normalized spacial score (nSPS) is 10.7. The van der Waals surface area contributed by atoms with Gasteiger partial charge < -0.3 is 9.15 Å². The largest absolute Gasteiger partial charge is 0.484 e. The van der Waals surface area contributed by atoms with Crippen LogP contribution in [0.25, 0.3) is 11.0 Å². The Morgan fingerprint density at radius 3 is 2.69 bits per heavy atom. The molecular weight excluding hydrogens is 334 g/mol. The lowest BCUT2D eigenvalue weighted by molar-refractivity contribution is -0.136. The highest BCUT2D eigenvalue weighted by Gasteiger charge is 2.08. The summed E-state index contributed by atoms with van der Waals surface area (Å²) in [6.07, 6.45) is 0.726. The fourth-order valence-corrected chi connectivity index (χ4v) is 2.55. The quantitative estimate of drug-likeness (QED) is 0.522. The van der Waals surface area contributed by atoms with Crippen molar-refractivity contribution < 1.29 is 18.8 Å². The number of ether oxygens (including phenoxy) is 1. The summed E-state index contributed by atoms with van der Waals surface area (Å²) in [6, 6.07) is 16.1. The summed E-state index contributed by atoms with van der Waals surface area (Å²) < 4.78 is 10.6. The summed E-state index contributed by atoms with van der Waals surface area (Å²) in [4.78, 5) is 28.5. The summed E-state index contributed by atoms with van der Waals surface area (Å²) in [7, 11) is 0. The fraction of sp³-hybridized carbons (Fsp3) is 0.200. The first-order valence-electron chi connectivity index (χ1n) is 8.30. The van der Waals surface area contributed by atoms with E-state index in [0.717, 1.165) is 22.9 Å². The number of carbonyl (C=O) groups is 1. The molecular formula is C20H19NO5. The van der Waals surface area contributed by atoms with Gasteiger partial charge in [0.1, 0.15) is 11.3 Å². The smallest absolute Gasteiger partial charge is 0.336 e. The lowest BCUT2D eigenvalue weighted by atomic mass is 10.1. The molecule has 1 heterocycles. The van der Waals surface area contributed by atoms with Gasteiger partial charge in [-0.05, 0) is 29.7 Å². The molecule has 0 atom stereocenters. The molecule has 26 heavy (non-hydrogen) atoms. The van der Waals surface area contributed by atoms with Crippen molar-refractivity contribution in [3.05, 3.63) is 76.1 Å². The molecule has 134 valence electrons. The number of aryl methyl sites for hydroxylation is 1. The van der Waals surface area contributed by atoms with Crippen molar-refractivity contribution in [3.8, 4) is 5.75 Å². The van der Waals surface area contributed by atoms with E-state index in [1.165, 1.54) is 6.07 Å². The molecule has 0 aliphatic carbocycles. The van der Waals surface area contributed by atoms with Gasteiger partial charge in [-0.3, -0.25) is 9.63 Å². The first-order valence-corrected chi connectivity index (χ1v) is 8.30. The third-order valence-electron chi connectivity index (χ3n) is 3.82. The Balaban J connectivity index is 1.55. The molecule has 0 saturated heterocycles. The zero-order chi connectivity index (χ0) is 18.4. The van der Waals surface area contributed by atoms with E-state index >= 15 is 0 Å². The fourth-order valence-electron chi connectivity index (χ4n) is 2.55. The van der Waals surface area contributed by atoms with Gasteiger partial charge in [-0.1, -0.05) is 37.3 Å². The van der Waals surface area contributed by atoms with E-state index in [1.54, 1.807) is 12.1 Å². The monoisotopic (exact) mass is 353 g/mol. The second-order valence-corrected chi connectivity index (χ2v) is 5.69. The molecule has 0 fully saturated rings. The van der Waals surface area contributed by atoms with Crippen LogP contribution in [0.5, 0.6) is 5.75 Å². The zero-order valence-corrected chi connectivity index (χ0v) is 14.4. The van der Waals surface area contributed by atoms with Gasteiger partial charge in [0.2, 0.25) is 0 Å². The molecule has 2 aromatic carbocycles. The van der Waals surface area contributed by atoms with E-state index in [2.05, 4.69) is 5.48 Å². The maximum atomic E-state index is 11.8. The van der Waals surface area contributed by atoms with Gasteiger partial charge in [0.15, 0.2) is 6.61 Å². The summed E-state index contributed by atoms with van der Waals surface area (Å²) >= 11 is 0. The molecule has 1 N–H and O–H groups in total. The number of hydrogen-bond acceptors (Lipinski definition) is 5. The molecule has 1 aromatic heterocycles. The highest BCUT2D eigenvalue weighted by Crippen LogP contribution is 2.22. The number of amides is 1. The van der Waals surface area contributed by atoms with Crippen molar-refractivity contribution >= 4 is 16.9 Å². The molecule has 0 radical (unpaired) electrons. The summed E-state index contributed by atoms with van der Waals surface area (Å²) in [5.74, 6) is 0.0249. The standard InChI is InChI=1S/C20H19NO5/c1-2-15-10-20(23)26-18-11-16(8-9-17(15)18)24-13-19(22)21-25-12-14-6-4-3-5-7-14/h3-11H,2,12-13H2,1H3,(H,21,22). The SMILES string of the molecule is CCc1cc(=O)oc2cc(OCC(=O)NOCc3ccccc3)ccc12. The van der Waals surface area contributed by atoms with Crippen LogP contribution in [0.3, 0.4) is 0 Å². The maximum absolute atomic E-state index is 11.8. The molecule has 1 amide bonds. The average molecular weight is 353 g/mol. The highest BCUT2D eigenvalue weighted by atomic mass is 16.7. The van der Waals surface area contributed by atoms with E-state index in [0.29, 0.717) is 11.3 Å². The molecule has 3 rings (SSSR count). The Bertz CT molecular complexity index is 949. The van der Waals surface area contributed by atoms with Crippen molar-refractivity contribution in [2.75, 3.05) is 6.61 Å². The Morgan fingerprint density at radius 1 is 1.12 bits per heavy atom. The molecule has 0 aliphatic heterocycles. The van der Waals surface area contributed by atoms with Crippen LogP contribution < -0.4 is 15.8 Å². The van der Waals surface area contributed by atoms with Gasteiger partial charge in [0, 0.05) is 17.5 Å². The van der Waals surface area contributed by atoms with Gasteiger partial charge in [-0.15, -0.1) is 0 Å². The number of fused-ring (bicyclic) bond motifs is 1. The number of hydrogen-bond donors (Lipinski definition) is 1. The van der Waals surface area contributed by atoms with Crippen LogP contribution in [0.2, 0.25) is 0 Å². The van der Waals surface area contributed by atoms with Crippen LogP contribution in [0, 0.1) is 0 Å². The molecule has 0 bridgehead atoms. The van der Waals surface area contributed by atoms with Gasteiger partial charge in [-0.2, -0.15) is 0 Å². The van der Waals surface area contributed by atoms with E-state index in [4.69, 9.17) is 14.0 Å². The predicted octanol–water partition coefficient (Wildman–Crippen LogP) is 2.98. The molecule has 6 nitrogen and oxygen atoms in total. The van der Waals surface area contributed by atoms with E-state index in [-0.39, 0.29) is 13.2 Å². The van der Waals surface area contributed by atoms with E-state index in [9.17, 15) is 9.59 Å². The topological polar surface area (TPSA) is 77.8 Å². The lowest BCUT2D eigenvalue weighted by Crippen LogP contribution is -2.28. The number of hydroxylamine groups is 1. The minimum atomic E-state index is -0.412. The van der Waals surface area contributed by atoms with Crippen LogP contribution in [-0.2, 0) is 22.7 Å². The number of carbonyl (C=O) groups excluding carboxylic acids is 1. The molecule has 0 saturated carbocycles. The van der Waals surface area contributed by atoms with Crippen LogP contribution in [0.1, 0.15) is 18.1 Å². The number of benzene rings is 2. The van der Waals surface area contributed by atoms with Crippen molar-refractivity contribution in [1.82, 2.24) is 5.48 Å². The first-order chi connectivity index (χ1) is 12.7. The second-order valence-electron chi connectivity index (χ2n) is 5.69. The summed E-state index contributed by atoms with van der Waals surface area (Å²) in [5.41, 5.74) is 4.22. The molecule has 0 unspecified atom stereocenters. The zero-order valence-electron chi connectivity index (χ0n) is 14.4. The molecule has 6 heteroatoms. The van der Waals surface area contributed by atoms with Crippen molar-refractivity contribution in [3.63, 3.8) is 0 Å². The highest BCUT2D eigenvalue weighted by molar-refractivity contribution is 5.82. The van der Waals surface area contributed by atoms with Crippen LogP contribution in [0.15, 0.2) is 63.8 Å². The van der Waals surface area contributed by atoms with Gasteiger partial charge in [-0.25, -0.2) is 10.3 Å². The minimum Gasteiger partial charge on any atom is -0.484 e. The molecule has 0 aliphatic rings. The van der Waals surface area contributed by atoms with Crippen molar-refractivity contribution in [2.24, 2.45) is 0 Å². The number of nitrogens with one attached hydrogen (secondary N) is 1. The lowest BCUT2D eigenvalue weighted by Gasteiger charge is -2.09. The summed E-state index contributed by atoms with van der Waals surface area (Å²) in [5, 5.41) is 0.857. The van der Waals surface area contributed by atoms with Crippen LogP contribution in [-0.4, -0.2) is 12.5 Å². The Morgan fingerprint density at radius 2 is 1.92 bits per heavy atom. The van der Waals surface area contributed by atoms with Gasteiger partial charge >= 0.3 is 5.63 Å². The van der Waals surface area contributed by atoms with Gasteiger partial charge in [0.25, 0.3) is 5.91 Å². The Kier molecular flexibility index (Phi) is 5.66. The molecule has 3 aromatic rings. The van der Waals surface area contributed by atoms with E-state index < -0.39 is 11.5 Å². The average Bonchev–Trinajstić information content (AvgIpc) is 2.66. The molecule has 0 spiro atoms. The van der Waals surface area contributed by atoms with E-state index in [1.807, 2.05) is 43.3 Å². The predicted molar refractivity (Wildman–Crippen MR) is 96.7 cm³/mol. The Hall–Kier alpha value is -3.12. The first kappa shape index (κ1) is 17.7. The van der Waals surface area contributed by atoms with Crippen LogP contribution >= 0.6 is 0 Å².